The molecule has 18 heavy (non-hydrogen) atoms. The highest BCUT2D eigenvalue weighted by Gasteiger charge is 2.10. The van der Waals surface area contributed by atoms with Crippen molar-refractivity contribution >= 4 is 5.91 Å². The van der Waals surface area contributed by atoms with Crippen molar-refractivity contribution in [3.05, 3.63) is 35.4 Å². The van der Waals surface area contributed by atoms with Crippen molar-refractivity contribution in [3.8, 4) is 0 Å². The Hall–Kier alpha value is -1.38. The highest BCUT2D eigenvalue weighted by atomic mass is 19.1. The molecule has 1 aromatic carbocycles. The van der Waals surface area contributed by atoms with Crippen LogP contribution in [0.3, 0.4) is 0 Å². The molecule has 1 aromatic rings. The topological polar surface area (TPSA) is 29.1 Å². The van der Waals surface area contributed by atoms with Crippen molar-refractivity contribution in [1.29, 1.82) is 0 Å². The summed E-state index contributed by atoms with van der Waals surface area (Å²) in [5.74, 6) is 0.362. The van der Waals surface area contributed by atoms with Crippen LogP contribution in [0.2, 0.25) is 0 Å². The average Bonchev–Trinajstić information content (AvgIpc) is 2.42. The van der Waals surface area contributed by atoms with Crippen LogP contribution in [0.1, 0.15) is 54.9 Å². The van der Waals surface area contributed by atoms with E-state index >= 15 is 0 Å². The van der Waals surface area contributed by atoms with E-state index in [9.17, 15) is 9.18 Å². The molecule has 0 bridgehead atoms. The van der Waals surface area contributed by atoms with E-state index in [2.05, 4.69) is 19.2 Å². The van der Waals surface area contributed by atoms with Gasteiger partial charge in [0.25, 0.3) is 5.91 Å². The van der Waals surface area contributed by atoms with Gasteiger partial charge in [0.15, 0.2) is 0 Å². The van der Waals surface area contributed by atoms with Gasteiger partial charge >= 0.3 is 0 Å². The Bertz CT molecular complexity index is 361. The number of halogens is 1. The standard InChI is InChI=1S/C15H22FNO/c1-3-5-12(4-2)13-6-8-14(9-7-13)15(18)17-11-10-16/h6-9,12H,3-5,10-11H2,1-2H3,(H,17,18). The van der Waals surface area contributed by atoms with Gasteiger partial charge in [0.1, 0.15) is 6.67 Å². The fraction of sp³-hybridized carbons (Fsp3) is 0.533. The van der Waals surface area contributed by atoms with Crippen LogP contribution in [-0.2, 0) is 0 Å². The molecule has 0 heterocycles. The summed E-state index contributed by atoms with van der Waals surface area (Å²) in [6.45, 7) is 3.91. The number of rotatable bonds is 7. The van der Waals surface area contributed by atoms with Crippen LogP contribution in [0, 0.1) is 0 Å². The molecule has 0 aliphatic heterocycles. The Morgan fingerprint density at radius 3 is 2.44 bits per heavy atom. The molecule has 100 valence electrons. The third kappa shape index (κ3) is 4.13. The second kappa shape index (κ2) is 7.85. The lowest BCUT2D eigenvalue weighted by Gasteiger charge is -2.14. The van der Waals surface area contributed by atoms with E-state index in [0.29, 0.717) is 11.5 Å². The van der Waals surface area contributed by atoms with E-state index in [1.54, 1.807) is 0 Å². The normalized spacial score (nSPS) is 12.2. The van der Waals surface area contributed by atoms with E-state index in [4.69, 9.17) is 0 Å². The van der Waals surface area contributed by atoms with Gasteiger partial charge in [0, 0.05) is 12.1 Å². The van der Waals surface area contributed by atoms with Gasteiger partial charge in [-0.1, -0.05) is 32.4 Å². The number of amides is 1. The van der Waals surface area contributed by atoms with E-state index in [1.807, 2.05) is 24.3 Å². The maximum Gasteiger partial charge on any atom is 0.251 e. The molecule has 0 aliphatic rings. The van der Waals surface area contributed by atoms with Crippen LogP contribution in [0.15, 0.2) is 24.3 Å². The monoisotopic (exact) mass is 251 g/mol. The van der Waals surface area contributed by atoms with Gasteiger partial charge in [-0.25, -0.2) is 4.39 Å². The molecule has 1 rings (SSSR count). The summed E-state index contributed by atoms with van der Waals surface area (Å²) >= 11 is 0. The smallest absolute Gasteiger partial charge is 0.251 e. The lowest BCUT2D eigenvalue weighted by Crippen LogP contribution is -2.25. The van der Waals surface area contributed by atoms with Crippen LogP contribution in [-0.4, -0.2) is 19.1 Å². The Kier molecular flexibility index (Phi) is 6.40. The lowest BCUT2D eigenvalue weighted by atomic mass is 9.91. The first kappa shape index (κ1) is 14.7. The number of hydrogen-bond acceptors (Lipinski definition) is 1. The zero-order valence-corrected chi connectivity index (χ0v) is 11.2. The minimum absolute atomic E-state index is 0.0774. The molecule has 1 N–H and O–H groups in total. The summed E-state index contributed by atoms with van der Waals surface area (Å²) in [4.78, 5) is 11.6. The predicted molar refractivity (Wildman–Crippen MR) is 72.7 cm³/mol. The number of nitrogens with one attached hydrogen (secondary N) is 1. The van der Waals surface area contributed by atoms with Crippen LogP contribution in [0.25, 0.3) is 0 Å². The Balaban J connectivity index is 2.69. The average molecular weight is 251 g/mol. The minimum Gasteiger partial charge on any atom is -0.349 e. The first-order valence-corrected chi connectivity index (χ1v) is 6.67. The van der Waals surface area contributed by atoms with Crippen molar-refractivity contribution in [2.45, 2.75) is 39.0 Å². The highest BCUT2D eigenvalue weighted by molar-refractivity contribution is 5.94. The molecule has 1 atom stereocenters. The highest BCUT2D eigenvalue weighted by Crippen LogP contribution is 2.24. The number of carbonyl (C=O) groups excluding carboxylic acids is 1. The molecule has 0 saturated carbocycles. The maximum atomic E-state index is 12.0. The molecule has 1 unspecified atom stereocenters. The largest absolute Gasteiger partial charge is 0.349 e. The molecule has 3 heteroatoms. The van der Waals surface area contributed by atoms with Gasteiger partial charge < -0.3 is 5.32 Å². The fourth-order valence-corrected chi connectivity index (χ4v) is 2.12. The van der Waals surface area contributed by atoms with Crippen molar-refractivity contribution < 1.29 is 9.18 Å². The molecular formula is C15H22FNO. The summed E-state index contributed by atoms with van der Waals surface area (Å²) in [6.07, 6.45) is 3.45. The van der Waals surface area contributed by atoms with E-state index < -0.39 is 6.67 Å². The molecule has 0 fully saturated rings. The van der Waals surface area contributed by atoms with Gasteiger partial charge in [-0.2, -0.15) is 0 Å². The van der Waals surface area contributed by atoms with Gasteiger partial charge in [-0.15, -0.1) is 0 Å². The quantitative estimate of drug-likeness (QED) is 0.787. The maximum absolute atomic E-state index is 12.0. The second-order valence-corrected chi connectivity index (χ2v) is 4.46. The molecule has 0 saturated heterocycles. The Morgan fingerprint density at radius 1 is 1.28 bits per heavy atom. The molecule has 2 nitrogen and oxygen atoms in total. The number of hydrogen-bond donors (Lipinski definition) is 1. The van der Waals surface area contributed by atoms with Crippen LogP contribution in [0.5, 0.6) is 0 Å². The van der Waals surface area contributed by atoms with Crippen molar-refractivity contribution in [2.24, 2.45) is 0 Å². The van der Waals surface area contributed by atoms with Crippen LogP contribution < -0.4 is 5.32 Å². The van der Waals surface area contributed by atoms with E-state index in [1.165, 1.54) is 12.0 Å². The number of carbonyl (C=O) groups is 1. The molecule has 0 aliphatic carbocycles. The van der Waals surface area contributed by atoms with Crippen molar-refractivity contribution in [3.63, 3.8) is 0 Å². The predicted octanol–water partition coefficient (Wildman–Crippen LogP) is 3.68. The molecule has 0 spiro atoms. The SMILES string of the molecule is CCCC(CC)c1ccc(C(=O)NCCF)cc1. The van der Waals surface area contributed by atoms with Crippen LogP contribution in [0.4, 0.5) is 4.39 Å². The molecule has 0 radical (unpaired) electrons. The summed E-state index contributed by atoms with van der Waals surface area (Å²) in [5.41, 5.74) is 1.87. The van der Waals surface area contributed by atoms with Gasteiger partial charge in [0.2, 0.25) is 0 Å². The molecular weight excluding hydrogens is 229 g/mol. The number of benzene rings is 1. The van der Waals surface area contributed by atoms with Gasteiger partial charge in [-0.05, 0) is 36.5 Å². The van der Waals surface area contributed by atoms with Gasteiger partial charge in [-0.3, -0.25) is 4.79 Å². The zero-order valence-electron chi connectivity index (χ0n) is 11.2. The summed E-state index contributed by atoms with van der Waals surface area (Å²) < 4.78 is 12.0. The summed E-state index contributed by atoms with van der Waals surface area (Å²) in [5, 5.41) is 2.52. The Labute approximate surface area is 109 Å². The number of alkyl halides is 1. The zero-order chi connectivity index (χ0) is 13.4. The van der Waals surface area contributed by atoms with Crippen molar-refractivity contribution in [1.82, 2.24) is 5.32 Å². The minimum atomic E-state index is -0.530. The molecule has 0 aromatic heterocycles. The third-order valence-electron chi connectivity index (χ3n) is 3.15. The summed E-state index contributed by atoms with van der Waals surface area (Å²) in [7, 11) is 0. The van der Waals surface area contributed by atoms with Gasteiger partial charge in [0.05, 0.1) is 0 Å². The summed E-state index contributed by atoms with van der Waals surface area (Å²) in [6, 6.07) is 7.66. The third-order valence-corrected chi connectivity index (χ3v) is 3.15. The van der Waals surface area contributed by atoms with E-state index in [-0.39, 0.29) is 12.5 Å². The first-order chi connectivity index (χ1) is 8.72. The Morgan fingerprint density at radius 2 is 1.94 bits per heavy atom. The fourth-order valence-electron chi connectivity index (χ4n) is 2.12. The molecule has 1 amide bonds. The second-order valence-electron chi connectivity index (χ2n) is 4.46. The first-order valence-electron chi connectivity index (χ1n) is 6.67. The van der Waals surface area contributed by atoms with E-state index in [0.717, 1.165) is 12.8 Å². The lowest BCUT2D eigenvalue weighted by molar-refractivity contribution is 0.0951. The van der Waals surface area contributed by atoms with Crippen LogP contribution >= 0.6 is 0 Å². The van der Waals surface area contributed by atoms with Crippen molar-refractivity contribution in [2.75, 3.05) is 13.2 Å².